The number of hydrogen-bond donors (Lipinski definition) is 1. The number of methoxy groups -OCH3 is 1. The fourth-order valence-electron chi connectivity index (χ4n) is 2.75. The minimum atomic E-state index is -0.393. The Morgan fingerprint density at radius 2 is 2.35 bits per heavy atom. The van der Waals surface area contributed by atoms with E-state index in [4.69, 9.17) is 4.74 Å². The van der Waals surface area contributed by atoms with Gasteiger partial charge in [-0.2, -0.15) is 0 Å². The van der Waals surface area contributed by atoms with Gasteiger partial charge in [0.05, 0.1) is 12.0 Å². The fourth-order valence-corrected chi connectivity index (χ4v) is 2.75. The van der Waals surface area contributed by atoms with Crippen molar-refractivity contribution >= 4 is 5.69 Å². The molecule has 1 aromatic carbocycles. The van der Waals surface area contributed by atoms with E-state index >= 15 is 0 Å². The molecule has 1 fully saturated rings. The van der Waals surface area contributed by atoms with Gasteiger partial charge in [0.1, 0.15) is 0 Å². The Balaban J connectivity index is 2.03. The van der Waals surface area contributed by atoms with Crippen LogP contribution in [0.15, 0.2) is 18.2 Å². The average Bonchev–Trinajstić information content (AvgIpc) is 2.86. The van der Waals surface area contributed by atoms with Crippen molar-refractivity contribution in [2.45, 2.75) is 13.0 Å². The van der Waals surface area contributed by atoms with Crippen molar-refractivity contribution in [2.75, 3.05) is 33.8 Å². The molecular formula is C14H21N3O3. The second-order valence-electron chi connectivity index (χ2n) is 5.21. The Bertz CT molecular complexity index is 479. The molecule has 0 bridgehead atoms. The molecule has 0 aromatic heterocycles. The standard InChI is InChI=1S/C14H21N3O3/c1-15-8-12-5-6-16(10-12)9-11-3-4-14(20-2)13(7-11)17(18)19/h3-4,7,12,15H,5-6,8-10H2,1-2H3. The van der Waals surface area contributed by atoms with Crippen LogP contribution in [-0.4, -0.2) is 43.6 Å². The molecule has 0 radical (unpaired) electrons. The van der Waals surface area contributed by atoms with Gasteiger partial charge in [0.25, 0.3) is 0 Å². The molecule has 1 aliphatic heterocycles. The Morgan fingerprint density at radius 3 is 3.00 bits per heavy atom. The lowest BCUT2D eigenvalue weighted by Gasteiger charge is -2.16. The van der Waals surface area contributed by atoms with E-state index in [1.165, 1.54) is 13.5 Å². The van der Waals surface area contributed by atoms with E-state index < -0.39 is 4.92 Å². The van der Waals surface area contributed by atoms with Gasteiger partial charge >= 0.3 is 5.69 Å². The van der Waals surface area contributed by atoms with Crippen molar-refractivity contribution in [1.29, 1.82) is 0 Å². The van der Waals surface area contributed by atoms with E-state index in [-0.39, 0.29) is 5.69 Å². The van der Waals surface area contributed by atoms with Crippen molar-refractivity contribution in [3.8, 4) is 5.75 Å². The molecule has 1 N–H and O–H groups in total. The molecule has 1 heterocycles. The molecule has 20 heavy (non-hydrogen) atoms. The van der Waals surface area contributed by atoms with Crippen LogP contribution in [0.5, 0.6) is 5.75 Å². The van der Waals surface area contributed by atoms with Gasteiger partial charge in [0, 0.05) is 19.2 Å². The highest BCUT2D eigenvalue weighted by atomic mass is 16.6. The smallest absolute Gasteiger partial charge is 0.311 e. The second-order valence-corrected chi connectivity index (χ2v) is 5.21. The first-order chi connectivity index (χ1) is 9.63. The van der Waals surface area contributed by atoms with E-state index in [0.29, 0.717) is 11.7 Å². The number of nitrogens with zero attached hydrogens (tertiary/aromatic N) is 2. The van der Waals surface area contributed by atoms with Gasteiger partial charge < -0.3 is 10.1 Å². The maximum atomic E-state index is 11.0. The fraction of sp³-hybridized carbons (Fsp3) is 0.571. The predicted molar refractivity (Wildman–Crippen MR) is 77.0 cm³/mol. The van der Waals surface area contributed by atoms with Gasteiger partial charge in [-0.25, -0.2) is 0 Å². The van der Waals surface area contributed by atoms with Crippen LogP contribution in [0, 0.1) is 16.0 Å². The van der Waals surface area contributed by atoms with Gasteiger partial charge in [-0.05, 0) is 44.1 Å². The largest absolute Gasteiger partial charge is 0.490 e. The molecule has 6 nitrogen and oxygen atoms in total. The number of nitro groups is 1. The molecule has 1 unspecified atom stereocenters. The number of rotatable bonds is 6. The molecular weight excluding hydrogens is 258 g/mol. The lowest BCUT2D eigenvalue weighted by atomic mass is 10.1. The molecule has 1 aromatic rings. The topological polar surface area (TPSA) is 67.6 Å². The summed E-state index contributed by atoms with van der Waals surface area (Å²) < 4.78 is 5.02. The van der Waals surface area contributed by atoms with Crippen LogP contribution in [0.3, 0.4) is 0 Å². The number of hydrogen-bond acceptors (Lipinski definition) is 5. The third-order valence-electron chi connectivity index (χ3n) is 3.71. The molecule has 110 valence electrons. The number of nitro benzene ring substituents is 1. The molecule has 1 atom stereocenters. The van der Waals surface area contributed by atoms with Gasteiger partial charge in [0.15, 0.2) is 5.75 Å². The van der Waals surface area contributed by atoms with Crippen LogP contribution in [0.25, 0.3) is 0 Å². The van der Waals surface area contributed by atoms with Gasteiger partial charge in [-0.3, -0.25) is 15.0 Å². The molecule has 2 rings (SSSR count). The maximum Gasteiger partial charge on any atom is 0.311 e. The second kappa shape index (κ2) is 6.67. The molecule has 1 aliphatic rings. The highest BCUT2D eigenvalue weighted by molar-refractivity contribution is 5.48. The molecule has 0 aliphatic carbocycles. The van der Waals surface area contributed by atoms with E-state index in [1.54, 1.807) is 12.1 Å². The lowest BCUT2D eigenvalue weighted by molar-refractivity contribution is -0.385. The number of nitrogens with one attached hydrogen (secondary N) is 1. The minimum Gasteiger partial charge on any atom is -0.490 e. The Hall–Kier alpha value is -1.66. The molecule has 6 heteroatoms. The molecule has 0 spiro atoms. The number of benzene rings is 1. The van der Waals surface area contributed by atoms with Crippen LogP contribution in [0.1, 0.15) is 12.0 Å². The minimum absolute atomic E-state index is 0.0379. The quantitative estimate of drug-likeness (QED) is 0.633. The predicted octanol–water partition coefficient (Wildman–Crippen LogP) is 1.64. The van der Waals surface area contributed by atoms with E-state index in [9.17, 15) is 10.1 Å². The van der Waals surface area contributed by atoms with E-state index in [1.807, 2.05) is 13.1 Å². The first-order valence-corrected chi connectivity index (χ1v) is 6.82. The zero-order valence-electron chi connectivity index (χ0n) is 12.0. The summed E-state index contributed by atoms with van der Waals surface area (Å²) in [5.74, 6) is 0.987. The van der Waals surface area contributed by atoms with E-state index in [0.717, 1.165) is 31.7 Å². The average molecular weight is 279 g/mol. The van der Waals surface area contributed by atoms with Gasteiger partial charge in [-0.1, -0.05) is 6.07 Å². The van der Waals surface area contributed by atoms with Crippen molar-refractivity contribution in [3.63, 3.8) is 0 Å². The molecule has 1 saturated heterocycles. The summed E-state index contributed by atoms with van der Waals surface area (Å²) in [4.78, 5) is 13.0. The monoisotopic (exact) mass is 279 g/mol. The first kappa shape index (κ1) is 14.7. The van der Waals surface area contributed by atoms with Crippen LogP contribution < -0.4 is 10.1 Å². The number of ether oxygens (including phenoxy) is 1. The SMILES string of the molecule is CNCC1CCN(Cc2ccc(OC)c([N+](=O)[O-])c2)C1. The summed E-state index contributed by atoms with van der Waals surface area (Å²) in [5, 5.41) is 14.2. The van der Waals surface area contributed by atoms with Crippen LogP contribution in [-0.2, 0) is 6.54 Å². The zero-order chi connectivity index (χ0) is 14.5. The zero-order valence-corrected chi connectivity index (χ0v) is 12.0. The van der Waals surface area contributed by atoms with Crippen molar-refractivity contribution in [2.24, 2.45) is 5.92 Å². The Labute approximate surface area is 118 Å². The van der Waals surface area contributed by atoms with Gasteiger partial charge in [0.2, 0.25) is 0 Å². The van der Waals surface area contributed by atoms with Gasteiger partial charge in [-0.15, -0.1) is 0 Å². The summed E-state index contributed by atoms with van der Waals surface area (Å²) >= 11 is 0. The summed E-state index contributed by atoms with van der Waals surface area (Å²) in [6.45, 7) is 3.87. The van der Waals surface area contributed by atoms with Crippen LogP contribution in [0.2, 0.25) is 0 Å². The summed E-state index contributed by atoms with van der Waals surface area (Å²) in [6, 6.07) is 5.19. The third-order valence-corrected chi connectivity index (χ3v) is 3.71. The third kappa shape index (κ3) is 3.46. The highest BCUT2D eigenvalue weighted by Crippen LogP contribution is 2.28. The van der Waals surface area contributed by atoms with Crippen LogP contribution in [0.4, 0.5) is 5.69 Å². The van der Waals surface area contributed by atoms with Crippen molar-refractivity contribution in [1.82, 2.24) is 10.2 Å². The van der Waals surface area contributed by atoms with Crippen molar-refractivity contribution in [3.05, 3.63) is 33.9 Å². The maximum absolute atomic E-state index is 11.0. The Kier molecular flexibility index (Phi) is 4.92. The normalized spacial score (nSPS) is 19.2. The summed E-state index contributed by atoms with van der Waals surface area (Å²) in [5.41, 5.74) is 0.999. The molecule has 0 saturated carbocycles. The highest BCUT2D eigenvalue weighted by Gasteiger charge is 2.23. The number of likely N-dealkylation sites (tertiary alicyclic amines) is 1. The first-order valence-electron chi connectivity index (χ1n) is 6.82. The Morgan fingerprint density at radius 1 is 1.55 bits per heavy atom. The lowest BCUT2D eigenvalue weighted by Crippen LogP contribution is -2.24. The van der Waals surface area contributed by atoms with Crippen molar-refractivity contribution < 1.29 is 9.66 Å². The summed E-state index contributed by atoms with van der Waals surface area (Å²) in [6.07, 6.45) is 1.18. The molecule has 0 amide bonds. The van der Waals surface area contributed by atoms with Crippen LogP contribution >= 0.6 is 0 Å². The summed E-state index contributed by atoms with van der Waals surface area (Å²) in [7, 11) is 3.42. The van der Waals surface area contributed by atoms with E-state index in [2.05, 4.69) is 10.2 Å².